The van der Waals surface area contributed by atoms with E-state index in [4.69, 9.17) is 10.5 Å². The second-order valence-electron chi connectivity index (χ2n) is 4.77. The van der Waals surface area contributed by atoms with Crippen LogP contribution >= 0.6 is 0 Å². The van der Waals surface area contributed by atoms with Crippen molar-refractivity contribution in [1.82, 2.24) is 5.32 Å². The summed E-state index contributed by atoms with van der Waals surface area (Å²) in [5.74, 6) is 0.800. The van der Waals surface area contributed by atoms with Gasteiger partial charge < -0.3 is 15.8 Å². The van der Waals surface area contributed by atoms with Crippen LogP contribution < -0.4 is 15.8 Å². The van der Waals surface area contributed by atoms with Crippen LogP contribution in [0.25, 0.3) is 0 Å². The molecule has 2 aromatic carbocycles. The van der Waals surface area contributed by atoms with Gasteiger partial charge >= 0.3 is 0 Å². The molecule has 1 amide bonds. The summed E-state index contributed by atoms with van der Waals surface area (Å²) in [4.78, 5) is 12.0. The van der Waals surface area contributed by atoms with Crippen LogP contribution in [0, 0.1) is 0 Å². The molecule has 0 aromatic heterocycles. The molecule has 0 heterocycles. The lowest BCUT2D eigenvalue weighted by Gasteiger charge is -2.09. The van der Waals surface area contributed by atoms with Gasteiger partial charge in [0.15, 0.2) is 0 Å². The van der Waals surface area contributed by atoms with Crippen molar-refractivity contribution in [2.24, 2.45) is 5.73 Å². The van der Waals surface area contributed by atoms with Crippen LogP contribution in [0.1, 0.15) is 16.7 Å². The molecule has 0 spiro atoms. The van der Waals surface area contributed by atoms with Gasteiger partial charge in [-0.05, 0) is 28.8 Å². The standard InChI is InChI=1S/C17H20N2O2/c1-21-16-8-6-13(7-9-16)12-19-17(20)10-14-4-2-3-5-15(14)11-18/h2-9H,10-12,18H2,1H3,(H,19,20). The number of carbonyl (C=O) groups is 1. The number of amides is 1. The van der Waals surface area contributed by atoms with E-state index >= 15 is 0 Å². The van der Waals surface area contributed by atoms with Crippen LogP contribution in [-0.2, 0) is 24.3 Å². The Labute approximate surface area is 124 Å². The smallest absolute Gasteiger partial charge is 0.224 e. The lowest BCUT2D eigenvalue weighted by atomic mass is 10.0. The molecule has 0 unspecified atom stereocenters. The van der Waals surface area contributed by atoms with E-state index in [2.05, 4.69) is 5.32 Å². The number of methoxy groups -OCH3 is 1. The summed E-state index contributed by atoms with van der Waals surface area (Å²) in [5, 5.41) is 2.92. The number of hydrogen-bond donors (Lipinski definition) is 2. The highest BCUT2D eigenvalue weighted by Crippen LogP contribution is 2.11. The van der Waals surface area contributed by atoms with E-state index in [9.17, 15) is 4.79 Å². The van der Waals surface area contributed by atoms with Gasteiger partial charge in [0.05, 0.1) is 13.5 Å². The molecule has 0 atom stereocenters. The summed E-state index contributed by atoms with van der Waals surface area (Å²) < 4.78 is 5.10. The third-order valence-corrected chi connectivity index (χ3v) is 3.34. The maximum absolute atomic E-state index is 12.0. The molecule has 3 N–H and O–H groups in total. The summed E-state index contributed by atoms with van der Waals surface area (Å²) in [6.45, 7) is 0.954. The first-order valence-electron chi connectivity index (χ1n) is 6.89. The third-order valence-electron chi connectivity index (χ3n) is 3.34. The van der Waals surface area contributed by atoms with Crippen LogP contribution in [0.2, 0.25) is 0 Å². The first-order valence-corrected chi connectivity index (χ1v) is 6.89. The molecule has 0 saturated heterocycles. The van der Waals surface area contributed by atoms with Gasteiger partial charge in [0.1, 0.15) is 5.75 Å². The molecule has 0 bridgehead atoms. The first kappa shape index (κ1) is 15.1. The Morgan fingerprint density at radius 3 is 2.38 bits per heavy atom. The first-order chi connectivity index (χ1) is 10.2. The third kappa shape index (κ3) is 4.33. The Bertz CT molecular complexity index is 594. The predicted octanol–water partition coefficient (Wildman–Crippen LogP) is 2.01. The van der Waals surface area contributed by atoms with Gasteiger partial charge in [-0.15, -0.1) is 0 Å². The van der Waals surface area contributed by atoms with Crippen LogP contribution in [0.5, 0.6) is 5.75 Å². The summed E-state index contributed by atoms with van der Waals surface area (Å²) >= 11 is 0. The van der Waals surface area contributed by atoms with Crippen molar-refractivity contribution in [1.29, 1.82) is 0 Å². The second kappa shape index (κ2) is 7.45. The Kier molecular flexibility index (Phi) is 5.35. The Morgan fingerprint density at radius 1 is 1.10 bits per heavy atom. The monoisotopic (exact) mass is 284 g/mol. The topological polar surface area (TPSA) is 64.3 Å². The van der Waals surface area contributed by atoms with Gasteiger partial charge in [0.25, 0.3) is 0 Å². The Balaban J connectivity index is 1.89. The van der Waals surface area contributed by atoms with Gasteiger partial charge in [-0.3, -0.25) is 4.79 Å². The quantitative estimate of drug-likeness (QED) is 0.853. The van der Waals surface area contributed by atoms with E-state index in [0.717, 1.165) is 22.4 Å². The molecular formula is C17H20N2O2. The normalized spacial score (nSPS) is 10.2. The van der Waals surface area contributed by atoms with E-state index in [1.807, 2.05) is 48.5 Å². The van der Waals surface area contributed by atoms with E-state index in [0.29, 0.717) is 19.5 Å². The van der Waals surface area contributed by atoms with Crippen LogP contribution in [0.3, 0.4) is 0 Å². The number of nitrogens with two attached hydrogens (primary N) is 1. The van der Waals surface area contributed by atoms with Crippen LogP contribution in [0.4, 0.5) is 0 Å². The molecule has 4 nitrogen and oxygen atoms in total. The van der Waals surface area contributed by atoms with Crippen LogP contribution in [-0.4, -0.2) is 13.0 Å². The number of nitrogens with one attached hydrogen (secondary N) is 1. The highest BCUT2D eigenvalue weighted by molar-refractivity contribution is 5.78. The van der Waals surface area contributed by atoms with E-state index < -0.39 is 0 Å². The number of benzene rings is 2. The van der Waals surface area contributed by atoms with Crippen molar-refractivity contribution in [3.8, 4) is 5.75 Å². The zero-order valence-electron chi connectivity index (χ0n) is 12.1. The molecule has 2 rings (SSSR count). The van der Waals surface area contributed by atoms with Gasteiger partial charge in [-0.2, -0.15) is 0 Å². The molecule has 21 heavy (non-hydrogen) atoms. The highest BCUT2D eigenvalue weighted by Gasteiger charge is 2.06. The number of carbonyl (C=O) groups excluding carboxylic acids is 1. The molecule has 110 valence electrons. The number of hydrogen-bond acceptors (Lipinski definition) is 3. The van der Waals surface area contributed by atoms with E-state index in [-0.39, 0.29) is 5.91 Å². The number of rotatable bonds is 6. The summed E-state index contributed by atoms with van der Waals surface area (Å²) in [6, 6.07) is 15.4. The maximum atomic E-state index is 12.0. The van der Waals surface area contributed by atoms with Crippen molar-refractivity contribution >= 4 is 5.91 Å². The fraction of sp³-hybridized carbons (Fsp3) is 0.235. The molecule has 0 aliphatic heterocycles. The lowest BCUT2D eigenvalue weighted by molar-refractivity contribution is -0.120. The molecular weight excluding hydrogens is 264 g/mol. The Morgan fingerprint density at radius 2 is 1.76 bits per heavy atom. The van der Waals surface area contributed by atoms with E-state index in [1.165, 1.54) is 0 Å². The molecule has 0 aliphatic carbocycles. The van der Waals surface area contributed by atoms with Crippen molar-refractivity contribution in [3.05, 3.63) is 65.2 Å². The minimum atomic E-state index is -0.00767. The van der Waals surface area contributed by atoms with Gasteiger partial charge in [-0.25, -0.2) is 0 Å². The Hall–Kier alpha value is -2.33. The van der Waals surface area contributed by atoms with Crippen LogP contribution in [0.15, 0.2) is 48.5 Å². The lowest BCUT2D eigenvalue weighted by Crippen LogP contribution is -2.25. The SMILES string of the molecule is COc1ccc(CNC(=O)Cc2ccccc2CN)cc1. The molecule has 0 radical (unpaired) electrons. The average Bonchev–Trinajstić information content (AvgIpc) is 2.54. The van der Waals surface area contributed by atoms with Gasteiger partial charge in [-0.1, -0.05) is 36.4 Å². The van der Waals surface area contributed by atoms with E-state index in [1.54, 1.807) is 7.11 Å². The summed E-state index contributed by atoms with van der Waals surface area (Å²) in [6.07, 6.45) is 0.351. The largest absolute Gasteiger partial charge is 0.497 e. The van der Waals surface area contributed by atoms with Crippen molar-refractivity contribution < 1.29 is 9.53 Å². The molecule has 0 aliphatic rings. The fourth-order valence-electron chi connectivity index (χ4n) is 2.11. The zero-order valence-corrected chi connectivity index (χ0v) is 12.1. The molecule has 0 fully saturated rings. The minimum Gasteiger partial charge on any atom is -0.497 e. The highest BCUT2D eigenvalue weighted by atomic mass is 16.5. The maximum Gasteiger partial charge on any atom is 0.224 e. The predicted molar refractivity (Wildman–Crippen MR) is 82.9 cm³/mol. The molecule has 0 saturated carbocycles. The van der Waals surface area contributed by atoms with Crippen molar-refractivity contribution in [3.63, 3.8) is 0 Å². The van der Waals surface area contributed by atoms with Crippen molar-refractivity contribution in [2.45, 2.75) is 19.5 Å². The summed E-state index contributed by atoms with van der Waals surface area (Å²) in [5.41, 5.74) is 8.70. The van der Waals surface area contributed by atoms with Gasteiger partial charge in [0, 0.05) is 13.1 Å². The van der Waals surface area contributed by atoms with Crippen molar-refractivity contribution in [2.75, 3.05) is 7.11 Å². The number of ether oxygens (including phenoxy) is 1. The minimum absolute atomic E-state index is 0.00767. The fourth-order valence-corrected chi connectivity index (χ4v) is 2.11. The average molecular weight is 284 g/mol. The second-order valence-corrected chi connectivity index (χ2v) is 4.77. The van der Waals surface area contributed by atoms with Gasteiger partial charge in [0.2, 0.25) is 5.91 Å². The zero-order chi connectivity index (χ0) is 15.1. The summed E-state index contributed by atoms with van der Waals surface area (Å²) in [7, 11) is 1.63. The molecule has 2 aromatic rings. The molecule has 4 heteroatoms.